The highest BCUT2D eigenvalue weighted by Gasteiger charge is 2.31. The predicted octanol–water partition coefficient (Wildman–Crippen LogP) is 1.27. The SMILES string of the molecule is Cc1cccnc1CNS(=O)(=O)c1sc2c(c1C(=O)O)CCNC2. The normalized spacial score (nSPS) is 14.4. The largest absolute Gasteiger partial charge is 0.478 e. The van der Waals surface area contributed by atoms with Crippen molar-refractivity contribution in [2.45, 2.75) is 30.6 Å². The molecule has 9 heteroatoms. The summed E-state index contributed by atoms with van der Waals surface area (Å²) in [4.78, 5) is 16.5. The summed E-state index contributed by atoms with van der Waals surface area (Å²) in [6.45, 7) is 3.00. The van der Waals surface area contributed by atoms with Crippen molar-refractivity contribution < 1.29 is 18.3 Å². The minimum Gasteiger partial charge on any atom is -0.478 e. The zero-order valence-electron chi connectivity index (χ0n) is 13.0. The number of hydrogen-bond acceptors (Lipinski definition) is 6. The summed E-state index contributed by atoms with van der Waals surface area (Å²) in [6, 6.07) is 3.62. The topological polar surface area (TPSA) is 108 Å². The molecule has 0 aliphatic carbocycles. The first-order chi connectivity index (χ1) is 11.4. The molecule has 2 aromatic rings. The molecule has 0 unspecified atom stereocenters. The molecule has 0 radical (unpaired) electrons. The van der Waals surface area contributed by atoms with E-state index in [0.717, 1.165) is 21.8 Å². The molecule has 1 aliphatic heterocycles. The second-order valence-corrected chi connectivity index (χ2v) is 8.56. The standard InChI is InChI=1S/C15H17N3O4S2/c1-9-3-2-5-17-11(9)7-18-24(21,22)15-13(14(19)20)10-4-6-16-8-12(10)23-15/h2-3,5,16,18H,4,6-8H2,1H3,(H,19,20). The van der Waals surface area contributed by atoms with E-state index < -0.39 is 16.0 Å². The summed E-state index contributed by atoms with van der Waals surface area (Å²) in [5.41, 5.74) is 2.01. The lowest BCUT2D eigenvalue weighted by atomic mass is 10.1. The maximum absolute atomic E-state index is 12.6. The van der Waals surface area contributed by atoms with Gasteiger partial charge in [-0.1, -0.05) is 6.07 Å². The number of fused-ring (bicyclic) bond motifs is 1. The van der Waals surface area contributed by atoms with E-state index in [9.17, 15) is 18.3 Å². The van der Waals surface area contributed by atoms with Gasteiger partial charge in [-0.2, -0.15) is 0 Å². The second-order valence-electron chi connectivity index (χ2n) is 5.49. The molecule has 24 heavy (non-hydrogen) atoms. The Balaban J connectivity index is 1.94. The van der Waals surface area contributed by atoms with Crippen LogP contribution in [0.5, 0.6) is 0 Å². The van der Waals surface area contributed by atoms with Gasteiger partial charge in [-0.05, 0) is 37.1 Å². The van der Waals surface area contributed by atoms with Gasteiger partial charge in [-0.25, -0.2) is 17.9 Å². The molecule has 3 rings (SSSR count). The van der Waals surface area contributed by atoms with Crippen LogP contribution in [-0.4, -0.2) is 31.0 Å². The maximum atomic E-state index is 12.6. The van der Waals surface area contributed by atoms with Gasteiger partial charge in [0.1, 0.15) is 4.21 Å². The van der Waals surface area contributed by atoms with Gasteiger partial charge in [0, 0.05) is 17.6 Å². The minimum atomic E-state index is -3.93. The molecule has 0 atom stereocenters. The average Bonchev–Trinajstić information content (AvgIpc) is 2.95. The average molecular weight is 367 g/mol. The van der Waals surface area contributed by atoms with E-state index in [4.69, 9.17) is 0 Å². The van der Waals surface area contributed by atoms with Crippen molar-refractivity contribution in [2.24, 2.45) is 0 Å². The van der Waals surface area contributed by atoms with E-state index in [1.165, 1.54) is 0 Å². The number of carboxylic acid groups (broad SMARTS) is 1. The molecule has 0 amide bonds. The van der Waals surface area contributed by atoms with Crippen molar-refractivity contribution in [2.75, 3.05) is 6.54 Å². The molecule has 0 saturated carbocycles. The number of hydrogen-bond donors (Lipinski definition) is 3. The van der Waals surface area contributed by atoms with Crippen molar-refractivity contribution >= 4 is 27.3 Å². The molecule has 0 bridgehead atoms. The quantitative estimate of drug-likeness (QED) is 0.734. The first-order valence-corrected chi connectivity index (χ1v) is 9.69. The van der Waals surface area contributed by atoms with Gasteiger partial charge in [0.2, 0.25) is 0 Å². The van der Waals surface area contributed by atoms with Crippen molar-refractivity contribution in [3.63, 3.8) is 0 Å². The highest BCUT2D eigenvalue weighted by molar-refractivity contribution is 7.91. The number of rotatable bonds is 5. The molecule has 0 aromatic carbocycles. The molecule has 128 valence electrons. The van der Waals surface area contributed by atoms with Gasteiger partial charge in [0.05, 0.1) is 17.8 Å². The number of aromatic carboxylic acids is 1. The number of nitrogens with zero attached hydrogens (tertiary/aromatic N) is 1. The molecule has 7 nitrogen and oxygen atoms in total. The van der Waals surface area contributed by atoms with Crippen LogP contribution in [0.2, 0.25) is 0 Å². The van der Waals surface area contributed by atoms with E-state index in [2.05, 4.69) is 15.0 Å². The Morgan fingerprint density at radius 2 is 2.29 bits per heavy atom. The Hall–Kier alpha value is -1.81. The van der Waals surface area contributed by atoms with Crippen LogP contribution in [0.3, 0.4) is 0 Å². The molecule has 0 spiro atoms. The Bertz CT molecular complexity index is 890. The fourth-order valence-electron chi connectivity index (χ4n) is 2.65. The Kier molecular flexibility index (Phi) is 4.68. The number of carbonyl (C=O) groups is 1. The molecule has 2 aromatic heterocycles. The molecule has 1 aliphatic rings. The van der Waals surface area contributed by atoms with Gasteiger partial charge in [0.25, 0.3) is 10.0 Å². The van der Waals surface area contributed by atoms with Gasteiger partial charge in [-0.3, -0.25) is 4.98 Å². The molecular formula is C15H17N3O4S2. The van der Waals surface area contributed by atoms with Crippen molar-refractivity contribution in [1.29, 1.82) is 0 Å². The lowest BCUT2D eigenvalue weighted by Gasteiger charge is -2.12. The van der Waals surface area contributed by atoms with E-state index >= 15 is 0 Å². The Morgan fingerprint density at radius 3 is 3.00 bits per heavy atom. The van der Waals surface area contributed by atoms with Crippen molar-refractivity contribution in [3.8, 4) is 0 Å². The lowest BCUT2D eigenvalue weighted by Crippen LogP contribution is -2.26. The van der Waals surface area contributed by atoms with Crippen molar-refractivity contribution in [1.82, 2.24) is 15.0 Å². The third kappa shape index (κ3) is 3.20. The van der Waals surface area contributed by atoms with Crippen LogP contribution in [0.4, 0.5) is 0 Å². The number of carboxylic acids is 1. The van der Waals surface area contributed by atoms with Gasteiger partial charge < -0.3 is 10.4 Å². The molecule has 3 heterocycles. The molecule has 3 N–H and O–H groups in total. The van der Waals surface area contributed by atoms with Gasteiger partial charge >= 0.3 is 5.97 Å². The van der Waals surface area contributed by atoms with Crippen LogP contribution in [0.25, 0.3) is 0 Å². The number of nitrogens with one attached hydrogen (secondary N) is 2. The number of aryl methyl sites for hydroxylation is 1. The number of aromatic nitrogens is 1. The smallest absolute Gasteiger partial charge is 0.338 e. The van der Waals surface area contributed by atoms with Crippen LogP contribution >= 0.6 is 11.3 Å². The zero-order chi connectivity index (χ0) is 17.3. The van der Waals surface area contributed by atoms with Crippen LogP contribution in [-0.2, 0) is 29.5 Å². The first-order valence-electron chi connectivity index (χ1n) is 7.39. The third-order valence-corrected chi connectivity index (χ3v) is 7.05. The summed E-state index contributed by atoms with van der Waals surface area (Å²) >= 11 is 1.02. The lowest BCUT2D eigenvalue weighted by molar-refractivity contribution is 0.0692. The maximum Gasteiger partial charge on any atom is 0.338 e. The summed E-state index contributed by atoms with van der Waals surface area (Å²) in [5.74, 6) is -1.20. The second kappa shape index (κ2) is 6.60. The van der Waals surface area contributed by atoms with E-state index in [0.29, 0.717) is 30.8 Å². The highest BCUT2D eigenvalue weighted by atomic mass is 32.2. The van der Waals surface area contributed by atoms with Crippen LogP contribution in [0.15, 0.2) is 22.5 Å². The van der Waals surface area contributed by atoms with Crippen LogP contribution in [0, 0.1) is 6.92 Å². The number of pyridine rings is 1. The molecular weight excluding hydrogens is 350 g/mol. The van der Waals surface area contributed by atoms with E-state index in [1.54, 1.807) is 12.3 Å². The minimum absolute atomic E-state index is 0.0227. The first kappa shape index (κ1) is 17.0. The van der Waals surface area contributed by atoms with E-state index in [1.807, 2.05) is 13.0 Å². The summed E-state index contributed by atoms with van der Waals surface area (Å²) in [5, 5.41) is 12.6. The molecule has 0 fully saturated rings. The zero-order valence-corrected chi connectivity index (χ0v) is 14.6. The summed E-state index contributed by atoms with van der Waals surface area (Å²) in [6.07, 6.45) is 2.11. The van der Waals surface area contributed by atoms with Gasteiger partial charge in [-0.15, -0.1) is 11.3 Å². The Morgan fingerprint density at radius 1 is 1.50 bits per heavy atom. The number of sulfonamides is 1. The van der Waals surface area contributed by atoms with E-state index in [-0.39, 0.29) is 16.3 Å². The van der Waals surface area contributed by atoms with Crippen LogP contribution in [0.1, 0.15) is 32.1 Å². The molecule has 0 saturated heterocycles. The van der Waals surface area contributed by atoms with Crippen LogP contribution < -0.4 is 10.0 Å². The summed E-state index contributed by atoms with van der Waals surface area (Å²) in [7, 11) is -3.93. The fraction of sp³-hybridized carbons (Fsp3) is 0.333. The highest BCUT2D eigenvalue weighted by Crippen LogP contribution is 2.34. The summed E-state index contributed by atoms with van der Waals surface area (Å²) < 4.78 is 27.6. The predicted molar refractivity (Wildman–Crippen MR) is 89.7 cm³/mol. The Labute approximate surface area is 143 Å². The van der Waals surface area contributed by atoms with Crippen molar-refractivity contribution in [3.05, 3.63) is 45.6 Å². The number of thiophene rings is 1. The fourth-order valence-corrected chi connectivity index (χ4v) is 5.54. The monoisotopic (exact) mass is 367 g/mol. The third-order valence-electron chi connectivity index (χ3n) is 3.90. The van der Waals surface area contributed by atoms with Gasteiger partial charge in [0.15, 0.2) is 0 Å².